The number of nitrogen functional groups attached to an aromatic ring is 1. The number of rotatable bonds is 2. The lowest BCUT2D eigenvalue weighted by molar-refractivity contribution is 0.598. The van der Waals surface area contributed by atoms with Crippen LogP contribution in [0.4, 0.5) is 5.82 Å². The van der Waals surface area contributed by atoms with Crippen molar-refractivity contribution in [1.82, 2.24) is 9.97 Å². The van der Waals surface area contributed by atoms with Gasteiger partial charge in [0.1, 0.15) is 12.1 Å². The molecule has 0 aliphatic rings. The Labute approximate surface area is 141 Å². The van der Waals surface area contributed by atoms with Gasteiger partial charge in [0.15, 0.2) is 0 Å². The zero-order valence-electron chi connectivity index (χ0n) is 12.3. The Bertz CT molecular complexity index is 1180. The zero-order valence-corrected chi connectivity index (χ0v) is 13.9. The van der Waals surface area contributed by atoms with Gasteiger partial charge >= 0.3 is 0 Å². The quantitative estimate of drug-likeness (QED) is 0.573. The van der Waals surface area contributed by atoms with Gasteiger partial charge in [-0.25, -0.2) is 23.5 Å². The molecule has 2 aromatic carbocycles. The molecule has 0 saturated carbocycles. The topological polar surface area (TPSA) is 112 Å². The third-order valence-corrected chi connectivity index (χ3v) is 5.89. The van der Waals surface area contributed by atoms with E-state index in [4.69, 9.17) is 10.9 Å². The van der Waals surface area contributed by atoms with Crippen LogP contribution in [0.1, 0.15) is 0 Å². The van der Waals surface area contributed by atoms with Gasteiger partial charge in [-0.05, 0) is 29.3 Å². The summed E-state index contributed by atoms with van der Waals surface area (Å²) in [6.45, 7) is 0. The number of hydrogen-bond acceptors (Lipinski definition) is 6. The van der Waals surface area contributed by atoms with E-state index in [0.717, 1.165) is 31.4 Å². The van der Waals surface area contributed by atoms with Crippen LogP contribution in [0.5, 0.6) is 0 Å². The number of nitrogens with two attached hydrogens (primary N) is 2. The first kappa shape index (κ1) is 15.0. The van der Waals surface area contributed by atoms with E-state index in [1.807, 2.05) is 18.2 Å². The van der Waals surface area contributed by atoms with Crippen LogP contribution in [0.3, 0.4) is 0 Å². The van der Waals surface area contributed by atoms with Crippen LogP contribution in [-0.4, -0.2) is 18.4 Å². The summed E-state index contributed by atoms with van der Waals surface area (Å²) < 4.78 is 24.6. The number of sulfonamides is 1. The molecule has 0 amide bonds. The number of fused-ring (bicyclic) bond motifs is 3. The number of aromatic nitrogens is 2. The third kappa shape index (κ3) is 2.41. The highest BCUT2D eigenvalue weighted by molar-refractivity contribution is 7.89. The van der Waals surface area contributed by atoms with Crippen LogP contribution >= 0.6 is 11.3 Å². The highest BCUT2D eigenvalue weighted by Crippen LogP contribution is 2.37. The molecule has 2 aromatic heterocycles. The second-order valence-corrected chi connectivity index (χ2v) is 7.93. The lowest BCUT2D eigenvalue weighted by atomic mass is 10.0. The number of nitrogens with zero attached hydrogens (tertiary/aromatic N) is 2. The van der Waals surface area contributed by atoms with Gasteiger partial charge in [0.25, 0.3) is 0 Å². The highest BCUT2D eigenvalue weighted by atomic mass is 32.2. The summed E-state index contributed by atoms with van der Waals surface area (Å²) in [4.78, 5) is 8.43. The van der Waals surface area contributed by atoms with Crippen molar-refractivity contribution < 1.29 is 8.42 Å². The summed E-state index contributed by atoms with van der Waals surface area (Å²) in [5, 5.41) is 6.15. The van der Waals surface area contributed by atoms with Crippen molar-refractivity contribution in [2.24, 2.45) is 5.14 Å². The fourth-order valence-electron chi connectivity index (χ4n) is 2.61. The Morgan fingerprint density at radius 3 is 2.38 bits per heavy atom. The van der Waals surface area contributed by atoms with Crippen LogP contribution in [0.25, 0.3) is 31.4 Å². The van der Waals surface area contributed by atoms with E-state index in [0.29, 0.717) is 5.82 Å². The molecule has 6 nitrogen and oxygen atoms in total. The molecule has 24 heavy (non-hydrogen) atoms. The molecule has 4 aromatic rings. The largest absolute Gasteiger partial charge is 0.382 e. The molecule has 4 rings (SSSR count). The van der Waals surface area contributed by atoms with Crippen molar-refractivity contribution >= 4 is 47.5 Å². The van der Waals surface area contributed by atoms with E-state index in [9.17, 15) is 8.42 Å². The molecule has 0 radical (unpaired) electrons. The first-order chi connectivity index (χ1) is 11.4. The second-order valence-electron chi connectivity index (χ2n) is 5.32. The third-order valence-electron chi connectivity index (χ3n) is 3.80. The maximum absolute atomic E-state index is 11.3. The first-order valence-electron chi connectivity index (χ1n) is 6.99. The predicted molar refractivity (Wildman–Crippen MR) is 96.1 cm³/mol. The van der Waals surface area contributed by atoms with Crippen molar-refractivity contribution in [1.29, 1.82) is 0 Å². The standard InChI is InChI=1S/C16H12N4O2S2/c17-16-15-14(19-8-20-16)12-6-3-10(7-13(12)23-15)9-1-4-11(5-2-9)24(18,21)22/h1-8H,(H2,17,19,20)(H2,18,21,22). The lowest BCUT2D eigenvalue weighted by Gasteiger charge is -2.03. The molecule has 0 spiro atoms. The summed E-state index contributed by atoms with van der Waals surface area (Å²) in [5.41, 5.74) is 8.64. The van der Waals surface area contributed by atoms with Gasteiger partial charge in [-0.2, -0.15) is 0 Å². The average molecular weight is 356 g/mol. The SMILES string of the molecule is Nc1ncnc2c1sc1cc(-c3ccc(S(N)(=O)=O)cc3)ccc12. The van der Waals surface area contributed by atoms with Crippen LogP contribution in [0, 0.1) is 0 Å². The minimum atomic E-state index is -3.69. The lowest BCUT2D eigenvalue weighted by Crippen LogP contribution is -2.11. The molecule has 0 unspecified atom stereocenters. The van der Waals surface area contributed by atoms with E-state index in [1.54, 1.807) is 12.1 Å². The van der Waals surface area contributed by atoms with Crippen molar-refractivity contribution in [3.63, 3.8) is 0 Å². The van der Waals surface area contributed by atoms with Crippen LogP contribution in [0.15, 0.2) is 53.7 Å². The highest BCUT2D eigenvalue weighted by Gasteiger charge is 2.11. The molecule has 8 heteroatoms. The number of benzene rings is 2. The average Bonchev–Trinajstić information content (AvgIpc) is 2.93. The van der Waals surface area contributed by atoms with Crippen LogP contribution < -0.4 is 10.9 Å². The predicted octanol–water partition coefficient (Wildman–Crippen LogP) is 2.74. The van der Waals surface area contributed by atoms with Gasteiger partial charge in [-0.1, -0.05) is 24.3 Å². The fourth-order valence-corrected chi connectivity index (χ4v) is 4.22. The van der Waals surface area contributed by atoms with Crippen molar-refractivity contribution in [2.45, 2.75) is 4.90 Å². The molecule has 0 bridgehead atoms. The van der Waals surface area contributed by atoms with Crippen molar-refractivity contribution in [3.05, 3.63) is 48.8 Å². The Morgan fingerprint density at radius 2 is 1.67 bits per heavy atom. The summed E-state index contributed by atoms with van der Waals surface area (Å²) in [5.74, 6) is 0.472. The number of primary sulfonamides is 1. The molecule has 0 aliphatic carbocycles. The molecule has 2 heterocycles. The van der Waals surface area contributed by atoms with Gasteiger partial charge in [0.05, 0.1) is 15.1 Å². The Kier molecular flexibility index (Phi) is 3.27. The van der Waals surface area contributed by atoms with E-state index in [2.05, 4.69) is 9.97 Å². The monoisotopic (exact) mass is 356 g/mol. The van der Waals surface area contributed by atoms with Gasteiger partial charge in [0.2, 0.25) is 10.0 Å². The zero-order chi connectivity index (χ0) is 16.9. The summed E-state index contributed by atoms with van der Waals surface area (Å²) in [6, 6.07) is 12.5. The van der Waals surface area contributed by atoms with E-state index >= 15 is 0 Å². The van der Waals surface area contributed by atoms with E-state index in [1.165, 1.54) is 29.8 Å². The van der Waals surface area contributed by atoms with Gasteiger partial charge < -0.3 is 5.73 Å². The van der Waals surface area contributed by atoms with Gasteiger partial charge in [-0.3, -0.25) is 0 Å². The molecule has 4 N–H and O–H groups in total. The first-order valence-corrected chi connectivity index (χ1v) is 9.36. The summed E-state index contributed by atoms with van der Waals surface area (Å²) in [6.07, 6.45) is 1.46. The minimum absolute atomic E-state index is 0.0947. The smallest absolute Gasteiger partial charge is 0.238 e. The van der Waals surface area contributed by atoms with Crippen molar-refractivity contribution in [3.8, 4) is 11.1 Å². The van der Waals surface area contributed by atoms with E-state index in [-0.39, 0.29) is 4.90 Å². The maximum atomic E-state index is 11.3. The van der Waals surface area contributed by atoms with Gasteiger partial charge in [-0.15, -0.1) is 11.3 Å². The fraction of sp³-hybridized carbons (Fsp3) is 0. The summed E-state index contributed by atoms with van der Waals surface area (Å²) >= 11 is 1.54. The van der Waals surface area contributed by atoms with Crippen LogP contribution in [-0.2, 0) is 10.0 Å². The van der Waals surface area contributed by atoms with E-state index < -0.39 is 10.0 Å². The molecule has 0 saturated heterocycles. The maximum Gasteiger partial charge on any atom is 0.238 e. The van der Waals surface area contributed by atoms with Crippen LogP contribution in [0.2, 0.25) is 0 Å². The Hall–Kier alpha value is -2.55. The van der Waals surface area contributed by atoms with Gasteiger partial charge in [0, 0.05) is 10.1 Å². The minimum Gasteiger partial charge on any atom is -0.382 e. The molecule has 0 atom stereocenters. The molecule has 0 aliphatic heterocycles. The Balaban J connectivity index is 1.86. The second kappa shape index (κ2) is 5.23. The Morgan fingerprint density at radius 1 is 0.958 bits per heavy atom. The summed E-state index contributed by atoms with van der Waals surface area (Å²) in [7, 11) is -3.69. The molecule has 120 valence electrons. The molecule has 0 fully saturated rings. The number of anilines is 1. The number of hydrogen-bond donors (Lipinski definition) is 2. The normalized spacial score (nSPS) is 12.0. The molecular formula is C16H12N4O2S2. The van der Waals surface area contributed by atoms with Crippen molar-refractivity contribution in [2.75, 3.05) is 5.73 Å². The number of thiophene rings is 1. The molecular weight excluding hydrogens is 344 g/mol.